The van der Waals surface area contributed by atoms with Crippen LogP contribution in [0.2, 0.25) is 5.02 Å². The van der Waals surface area contributed by atoms with Gasteiger partial charge in [-0.25, -0.2) is 22.8 Å². The van der Waals surface area contributed by atoms with E-state index in [1.807, 2.05) is 0 Å². The maximum Gasteiger partial charge on any atom is 0.416 e. The summed E-state index contributed by atoms with van der Waals surface area (Å²) in [6, 6.07) is 6.80. The number of amides is 1. The first-order valence-electron chi connectivity index (χ1n) is 9.48. The van der Waals surface area contributed by atoms with Crippen molar-refractivity contribution in [2.24, 2.45) is 0 Å². The first-order chi connectivity index (χ1) is 14.8. The number of carbonyl (C=O) groups excluding carboxylic acids is 1. The van der Waals surface area contributed by atoms with Crippen molar-refractivity contribution in [3.63, 3.8) is 0 Å². The summed E-state index contributed by atoms with van der Waals surface area (Å²) in [5.41, 5.74) is 0. The van der Waals surface area contributed by atoms with Crippen LogP contribution in [0.1, 0.15) is 12.2 Å². The summed E-state index contributed by atoms with van der Waals surface area (Å²) in [5, 5.41) is 10.4. The first kappa shape index (κ1) is 21.8. The summed E-state index contributed by atoms with van der Waals surface area (Å²) in [4.78, 5) is 29.3. The zero-order chi connectivity index (χ0) is 22.2. The fourth-order valence-electron chi connectivity index (χ4n) is 3.49. The van der Waals surface area contributed by atoms with Gasteiger partial charge in [0.1, 0.15) is 10.0 Å². The SMILES string of the molecule is O=C1CN(S(=O)(=O)c2cc3ccc(Cl)cc3s2)CCN1CCCc1nccn1C(=O)O. The molecule has 1 N–H and O–H groups in total. The zero-order valence-electron chi connectivity index (χ0n) is 16.3. The third-order valence-corrected chi connectivity index (χ3v) is 8.72. The molecule has 1 saturated heterocycles. The summed E-state index contributed by atoms with van der Waals surface area (Å²) < 4.78 is 29.3. The van der Waals surface area contributed by atoms with Crippen molar-refractivity contribution >= 4 is 55.0 Å². The molecule has 1 aromatic carbocycles. The van der Waals surface area contributed by atoms with Crippen molar-refractivity contribution < 1.29 is 23.1 Å². The van der Waals surface area contributed by atoms with Crippen molar-refractivity contribution in [2.75, 3.05) is 26.2 Å². The number of carbonyl (C=O) groups is 2. The van der Waals surface area contributed by atoms with Gasteiger partial charge in [0.25, 0.3) is 10.0 Å². The number of thiophene rings is 1. The highest BCUT2D eigenvalue weighted by molar-refractivity contribution is 7.91. The van der Waals surface area contributed by atoms with Crippen LogP contribution in [0, 0.1) is 0 Å². The minimum absolute atomic E-state index is 0.187. The molecule has 0 aliphatic carbocycles. The van der Waals surface area contributed by atoms with Crippen LogP contribution in [0.3, 0.4) is 0 Å². The molecule has 3 aromatic rings. The van der Waals surface area contributed by atoms with E-state index in [2.05, 4.69) is 4.98 Å². The van der Waals surface area contributed by atoms with E-state index < -0.39 is 16.1 Å². The molecule has 3 heterocycles. The van der Waals surface area contributed by atoms with Gasteiger partial charge in [0, 0.05) is 48.2 Å². The van der Waals surface area contributed by atoms with Gasteiger partial charge in [-0.15, -0.1) is 11.3 Å². The van der Waals surface area contributed by atoms with Crippen LogP contribution in [0.25, 0.3) is 10.1 Å². The summed E-state index contributed by atoms with van der Waals surface area (Å²) >= 11 is 7.12. The highest BCUT2D eigenvalue weighted by Gasteiger charge is 2.33. The Balaban J connectivity index is 1.38. The monoisotopic (exact) mass is 482 g/mol. The van der Waals surface area contributed by atoms with Crippen molar-refractivity contribution in [1.82, 2.24) is 18.8 Å². The average molecular weight is 483 g/mol. The lowest BCUT2D eigenvalue weighted by atomic mass is 10.2. The summed E-state index contributed by atoms with van der Waals surface area (Å²) in [5.74, 6) is 0.131. The molecule has 31 heavy (non-hydrogen) atoms. The van der Waals surface area contributed by atoms with Crippen LogP contribution >= 0.6 is 22.9 Å². The normalized spacial score (nSPS) is 15.6. The number of aryl methyl sites for hydroxylation is 1. The van der Waals surface area contributed by atoms with E-state index in [9.17, 15) is 18.0 Å². The summed E-state index contributed by atoms with van der Waals surface area (Å²) in [6.45, 7) is 0.663. The molecule has 12 heteroatoms. The molecule has 0 atom stereocenters. The van der Waals surface area contributed by atoms with Gasteiger partial charge in [-0.05, 0) is 30.0 Å². The Kier molecular flexibility index (Phi) is 6.02. The molecule has 9 nitrogen and oxygen atoms in total. The Morgan fingerprint density at radius 2 is 2.06 bits per heavy atom. The number of hydrogen-bond acceptors (Lipinski definition) is 6. The Morgan fingerprint density at radius 1 is 1.26 bits per heavy atom. The molecule has 0 spiro atoms. The van der Waals surface area contributed by atoms with Crippen LogP contribution < -0.4 is 0 Å². The fraction of sp³-hybridized carbons (Fsp3) is 0.316. The minimum atomic E-state index is -3.78. The van der Waals surface area contributed by atoms with Crippen molar-refractivity contribution in [3.8, 4) is 0 Å². The van der Waals surface area contributed by atoms with Crippen molar-refractivity contribution in [1.29, 1.82) is 0 Å². The number of imidazole rings is 1. The molecule has 1 fully saturated rings. The second-order valence-corrected chi connectivity index (χ2v) is 10.8. The van der Waals surface area contributed by atoms with Crippen LogP contribution in [-0.2, 0) is 21.2 Å². The van der Waals surface area contributed by atoms with Crippen LogP contribution in [0.5, 0.6) is 0 Å². The van der Waals surface area contributed by atoms with Gasteiger partial charge in [-0.2, -0.15) is 4.31 Å². The van der Waals surface area contributed by atoms with Crippen molar-refractivity contribution in [2.45, 2.75) is 17.1 Å². The molecular weight excluding hydrogens is 464 g/mol. The molecule has 2 aromatic heterocycles. The van der Waals surface area contributed by atoms with Crippen LogP contribution in [0.15, 0.2) is 40.9 Å². The highest BCUT2D eigenvalue weighted by atomic mass is 35.5. The lowest BCUT2D eigenvalue weighted by molar-refractivity contribution is -0.134. The van der Waals surface area contributed by atoms with E-state index in [4.69, 9.17) is 16.7 Å². The molecule has 0 radical (unpaired) electrons. The molecule has 1 aliphatic heterocycles. The van der Waals surface area contributed by atoms with Gasteiger partial charge in [0.05, 0.1) is 6.54 Å². The molecule has 0 unspecified atom stereocenters. The largest absolute Gasteiger partial charge is 0.464 e. The van der Waals surface area contributed by atoms with E-state index in [0.29, 0.717) is 30.2 Å². The third kappa shape index (κ3) is 4.45. The molecule has 1 aliphatic rings. The predicted octanol–water partition coefficient (Wildman–Crippen LogP) is 2.74. The van der Waals surface area contributed by atoms with E-state index >= 15 is 0 Å². The second-order valence-electron chi connectivity index (χ2n) is 7.07. The van der Waals surface area contributed by atoms with Gasteiger partial charge >= 0.3 is 6.09 Å². The topological polar surface area (TPSA) is 113 Å². The van der Waals surface area contributed by atoms with E-state index in [0.717, 1.165) is 26.0 Å². The number of piperazine rings is 1. The van der Waals surface area contributed by atoms with E-state index in [1.165, 1.54) is 16.7 Å². The smallest absolute Gasteiger partial charge is 0.416 e. The highest BCUT2D eigenvalue weighted by Crippen LogP contribution is 2.33. The number of carboxylic acid groups (broad SMARTS) is 1. The molecular formula is C19H19ClN4O5S2. The van der Waals surface area contributed by atoms with Gasteiger partial charge in [0.15, 0.2) is 0 Å². The lowest BCUT2D eigenvalue weighted by Crippen LogP contribution is -2.52. The van der Waals surface area contributed by atoms with Crippen LogP contribution in [0.4, 0.5) is 4.79 Å². The van der Waals surface area contributed by atoms with Gasteiger partial charge in [-0.1, -0.05) is 17.7 Å². The Hall–Kier alpha value is -2.47. The molecule has 4 rings (SSSR count). The molecule has 0 saturated carbocycles. The number of hydrogen-bond donors (Lipinski definition) is 1. The Morgan fingerprint density at radius 3 is 2.81 bits per heavy atom. The quantitative estimate of drug-likeness (QED) is 0.578. The number of aromatic nitrogens is 2. The van der Waals surface area contributed by atoms with Crippen LogP contribution in [-0.4, -0.2) is 70.5 Å². The standard InChI is InChI=1S/C19H19ClN4O5S2/c20-14-4-3-13-10-18(30-15(13)11-14)31(28,29)23-9-8-22(17(25)12-23)6-1-2-16-21-5-7-24(16)19(26)27/h3-5,7,10-11H,1-2,6,8-9,12H2,(H,26,27). The maximum atomic E-state index is 13.0. The number of rotatable bonds is 6. The number of sulfonamides is 1. The maximum absolute atomic E-state index is 13.0. The summed E-state index contributed by atoms with van der Waals surface area (Å²) in [7, 11) is -3.78. The minimum Gasteiger partial charge on any atom is -0.464 e. The van der Waals surface area contributed by atoms with E-state index in [-0.39, 0.29) is 29.8 Å². The van der Waals surface area contributed by atoms with Gasteiger partial charge in [0.2, 0.25) is 5.91 Å². The fourth-order valence-corrected chi connectivity index (χ4v) is 6.69. The molecule has 1 amide bonds. The first-order valence-corrected chi connectivity index (χ1v) is 12.1. The number of nitrogens with zero attached hydrogens (tertiary/aromatic N) is 4. The predicted molar refractivity (Wildman–Crippen MR) is 116 cm³/mol. The van der Waals surface area contributed by atoms with Crippen molar-refractivity contribution in [3.05, 3.63) is 47.5 Å². The average Bonchev–Trinajstić information content (AvgIpc) is 3.36. The number of benzene rings is 1. The number of halogens is 1. The zero-order valence-corrected chi connectivity index (χ0v) is 18.7. The Labute approximate surface area is 187 Å². The number of fused-ring (bicyclic) bond motifs is 1. The lowest BCUT2D eigenvalue weighted by Gasteiger charge is -2.33. The van der Waals surface area contributed by atoms with E-state index in [1.54, 1.807) is 29.2 Å². The van der Waals surface area contributed by atoms with Gasteiger partial charge in [-0.3, -0.25) is 4.79 Å². The van der Waals surface area contributed by atoms with Gasteiger partial charge < -0.3 is 10.0 Å². The summed E-state index contributed by atoms with van der Waals surface area (Å²) in [6.07, 6.45) is 2.61. The Bertz CT molecular complexity index is 1250. The molecule has 164 valence electrons. The third-order valence-electron chi connectivity index (χ3n) is 5.09. The second kappa shape index (κ2) is 8.58. The molecule has 0 bridgehead atoms.